The smallest absolute Gasteiger partial charge is 0.267 e. The summed E-state index contributed by atoms with van der Waals surface area (Å²) in [5.41, 5.74) is 8.91. The zero-order valence-corrected chi connectivity index (χ0v) is 15.0. The number of nitrogens with two attached hydrogens (primary N) is 1. The van der Waals surface area contributed by atoms with Crippen LogP contribution in [0, 0.1) is 0 Å². The predicted octanol–water partition coefficient (Wildman–Crippen LogP) is 4.85. The molecule has 128 valence electrons. The summed E-state index contributed by atoms with van der Waals surface area (Å²) in [5.74, 6) is -0.302. The fourth-order valence-corrected chi connectivity index (χ4v) is 3.76. The van der Waals surface area contributed by atoms with Crippen molar-refractivity contribution in [1.82, 2.24) is 9.97 Å². The van der Waals surface area contributed by atoms with Crippen LogP contribution in [0.5, 0.6) is 0 Å². The molecule has 0 spiro atoms. The number of nitrogens with one attached hydrogen (secondary N) is 1. The van der Waals surface area contributed by atoms with Crippen LogP contribution in [0.2, 0.25) is 5.02 Å². The highest BCUT2D eigenvalue weighted by atomic mass is 35.5. The van der Waals surface area contributed by atoms with Gasteiger partial charge in [-0.15, -0.1) is 11.3 Å². The minimum Gasteiger partial charge on any atom is -0.397 e. The number of anilines is 2. The van der Waals surface area contributed by atoms with Crippen LogP contribution in [0.4, 0.5) is 11.4 Å². The van der Waals surface area contributed by atoms with Gasteiger partial charge in [0.2, 0.25) is 0 Å². The van der Waals surface area contributed by atoms with Crippen molar-refractivity contribution in [2.24, 2.45) is 0 Å². The number of thiophene rings is 1. The van der Waals surface area contributed by atoms with E-state index in [1.807, 2.05) is 24.3 Å². The summed E-state index contributed by atoms with van der Waals surface area (Å²) in [6.07, 6.45) is 3.43. The Labute approximate surface area is 158 Å². The van der Waals surface area contributed by atoms with Gasteiger partial charge in [-0.3, -0.25) is 9.78 Å². The number of aromatic nitrogens is 2. The summed E-state index contributed by atoms with van der Waals surface area (Å²) in [7, 11) is 0. The van der Waals surface area contributed by atoms with E-state index >= 15 is 0 Å². The Morgan fingerprint density at radius 1 is 1.08 bits per heavy atom. The molecule has 5 nitrogen and oxygen atoms in total. The first-order chi connectivity index (χ1) is 12.6. The molecule has 4 rings (SSSR count). The summed E-state index contributed by atoms with van der Waals surface area (Å²) in [5, 5.41) is 4.03. The van der Waals surface area contributed by atoms with Gasteiger partial charge in [-0.1, -0.05) is 23.7 Å². The molecular formula is C19H13ClN4OS. The average Bonchev–Trinajstić information content (AvgIpc) is 3.00. The van der Waals surface area contributed by atoms with E-state index in [1.165, 1.54) is 11.3 Å². The van der Waals surface area contributed by atoms with Gasteiger partial charge in [0.1, 0.15) is 9.71 Å². The standard InChI is InChI=1S/C19H13ClN4OS/c20-13-3-1-2-4-15(13)23-18(25)17-16(21)12-5-6-14(24-19(12)26-17)11-7-9-22-10-8-11/h1-10H,21H2,(H,23,25). The molecular weight excluding hydrogens is 368 g/mol. The molecule has 1 amide bonds. The molecule has 3 N–H and O–H groups in total. The normalized spacial score (nSPS) is 10.8. The van der Waals surface area contributed by atoms with Crippen molar-refractivity contribution in [1.29, 1.82) is 0 Å². The molecule has 0 fully saturated rings. The van der Waals surface area contributed by atoms with Crippen molar-refractivity contribution < 1.29 is 4.79 Å². The summed E-state index contributed by atoms with van der Waals surface area (Å²) < 4.78 is 0. The summed E-state index contributed by atoms with van der Waals surface area (Å²) in [6, 6.07) is 14.6. The van der Waals surface area contributed by atoms with E-state index in [1.54, 1.807) is 36.7 Å². The lowest BCUT2D eigenvalue weighted by atomic mass is 10.1. The highest BCUT2D eigenvalue weighted by Gasteiger charge is 2.18. The molecule has 4 aromatic rings. The van der Waals surface area contributed by atoms with Gasteiger partial charge >= 0.3 is 0 Å². The van der Waals surface area contributed by atoms with Gasteiger partial charge in [-0.2, -0.15) is 0 Å². The van der Waals surface area contributed by atoms with Gasteiger partial charge < -0.3 is 11.1 Å². The number of halogens is 1. The number of carbonyl (C=O) groups excluding carboxylic acids is 1. The van der Waals surface area contributed by atoms with Crippen LogP contribution in [0.15, 0.2) is 60.9 Å². The quantitative estimate of drug-likeness (QED) is 0.532. The van der Waals surface area contributed by atoms with Gasteiger partial charge in [0, 0.05) is 23.3 Å². The van der Waals surface area contributed by atoms with E-state index in [4.69, 9.17) is 17.3 Å². The number of rotatable bonds is 3. The number of fused-ring (bicyclic) bond motifs is 1. The van der Waals surface area contributed by atoms with E-state index in [0.29, 0.717) is 26.1 Å². The zero-order chi connectivity index (χ0) is 18.1. The van der Waals surface area contributed by atoms with Crippen molar-refractivity contribution in [2.45, 2.75) is 0 Å². The molecule has 0 unspecified atom stereocenters. The van der Waals surface area contributed by atoms with Crippen molar-refractivity contribution >= 4 is 50.4 Å². The largest absolute Gasteiger partial charge is 0.397 e. The SMILES string of the molecule is Nc1c(C(=O)Nc2ccccc2Cl)sc2nc(-c3ccncc3)ccc12. The van der Waals surface area contributed by atoms with Crippen LogP contribution in [0.25, 0.3) is 21.5 Å². The Bertz CT molecular complexity index is 1110. The van der Waals surface area contributed by atoms with E-state index in [2.05, 4.69) is 15.3 Å². The third-order valence-electron chi connectivity index (χ3n) is 3.90. The van der Waals surface area contributed by atoms with Crippen LogP contribution in [-0.2, 0) is 0 Å². The highest BCUT2D eigenvalue weighted by Crippen LogP contribution is 2.35. The Kier molecular flexibility index (Phi) is 4.28. The third kappa shape index (κ3) is 3.00. The number of carbonyl (C=O) groups is 1. The predicted molar refractivity (Wildman–Crippen MR) is 107 cm³/mol. The van der Waals surface area contributed by atoms with Crippen molar-refractivity contribution in [3.63, 3.8) is 0 Å². The van der Waals surface area contributed by atoms with E-state index in [0.717, 1.165) is 16.6 Å². The lowest BCUT2D eigenvalue weighted by Crippen LogP contribution is -2.12. The van der Waals surface area contributed by atoms with E-state index < -0.39 is 0 Å². The van der Waals surface area contributed by atoms with Gasteiger partial charge in [0.25, 0.3) is 5.91 Å². The van der Waals surface area contributed by atoms with Crippen molar-refractivity contribution in [2.75, 3.05) is 11.1 Å². The Morgan fingerprint density at radius 2 is 1.85 bits per heavy atom. The van der Waals surface area contributed by atoms with Gasteiger partial charge in [-0.25, -0.2) is 4.98 Å². The Balaban J connectivity index is 1.71. The number of pyridine rings is 2. The molecule has 7 heteroatoms. The van der Waals surface area contributed by atoms with Gasteiger partial charge in [0.15, 0.2) is 0 Å². The van der Waals surface area contributed by atoms with Crippen LogP contribution >= 0.6 is 22.9 Å². The highest BCUT2D eigenvalue weighted by molar-refractivity contribution is 7.21. The molecule has 1 aromatic carbocycles. The molecule has 0 aliphatic rings. The van der Waals surface area contributed by atoms with E-state index in [9.17, 15) is 4.79 Å². The number of hydrogen-bond donors (Lipinski definition) is 2. The Morgan fingerprint density at radius 3 is 2.62 bits per heavy atom. The molecule has 0 radical (unpaired) electrons. The fraction of sp³-hybridized carbons (Fsp3) is 0. The molecule has 26 heavy (non-hydrogen) atoms. The topological polar surface area (TPSA) is 80.9 Å². The second-order valence-electron chi connectivity index (χ2n) is 5.56. The lowest BCUT2D eigenvalue weighted by molar-refractivity contribution is 0.103. The number of benzene rings is 1. The summed E-state index contributed by atoms with van der Waals surface area (Å²) in [6.45, 7) is 0. The van der Waals surface area contributed by atoms with Crippen molar-refractivity contribution in [3.8, 4) is 11.3 Å². The van der Waals surface area contributed by atoms with Gasteiger partial charge in [-0.05, 0) is 36.4 Å². The molecule has 0 aliphatic carbocycles. The molecule has 3 aromatic heterocycles. The first-order valence-electron chi connectivity index (χ1n) is 7.79. The maximum absolute atomic E-state index is 12.6. The number of nitrogen functional groups attached to an aromatic ring is 1. The van der Waals surface area contributed by atoms with Crippen molar-refractivity contribution in [3.05, 3.63) is 70.8 Å². The summed E-state index contributed by atoms with van der Waals surface area (Å²) >= 11 is 7.36. The van der Waals surface area contributed by atoms with Gasteiger partial charge in [0.05, 0.1) is 22.1 Å². The molecule has 0 saturated carbocycles. The van der Waals surface area contributed by atoms with Crippen LogP contribution < -0.4 is 11.1 Å². The summed E-state index contributed by atoms with van der Waals surface area (Å²) in [4.78, 5) is 22.4. The number of amides is 1. The minimum atomic E-state index is -0.302. The first kappa shape index (κ1) is 16.5. The van der Waals surface area contributed by atoms with Crippen LogP contribution in [0.3, 0.4) is 0 Å². The molecule has 3 heterocycles. The third-order valence-corrected chi connectivity index (χ3v) is 5.34. The molecule has 0 aliphatic heterocycles. The van der Waals surface area contributed by atoms with Crippen LogP contribution in [-0.4, -0.2) is 15.9 Å². The molecule has 0 bridgehead atoms. The number of para-hydroxylation sites is 1. The first-order valence-corrected chi connectivity index (χ1v) is 8.98. The fourth-order valence-electron chi connectivity index (χ4n) is 2.59. The monoisotopic (exact) mass is 380 g/mol. The minimum absolute atomic E-state index is 0.302. The second-order valence-corrected chi connectivity index (χ2v) is 6.97. The number of hydrogen-bond acceptors (Lipinski definition) is 5. The maximum atomic E-state index is 12.6. The average molecular weight is 381 g/mol. The molecule has 0 saturated heterocycles. The zero-order valence-electron chi connectivity index (χ0n) is 13.4. The Hall–Kier alpha value is -2.96. The molecule has 0 atom stereocenters. The number of nitrogens with zero attached hydrogens (tertiary/aromatic N) is 2. The maximum Gasteiger partial charge on any atom is 0.267 e. The van der Waals surface area contributed by atoms with Crippen LogP contribution in [0.1, 0.15) is 9.67 Å². The second kappa shape index (κ2) is 6.74. The lowest BCUT2D eigenvalue weighted by Gasteiger charge is -2.05. The van der Waals surface area contributed by atoms with E-state index in [-0.39, 0.29) is 5.91 Å².